The Kier molecular flexibility index (Phi) is 4.39. The van der Waals surface area contributed by atoms with Crippen LogP contribution in [0.3, 0.4) is 0 Å². The molecule has 3 aromatic rings. The molecule has 0 atom stereocenters. The highest BCUT2D eigenvalue weighted by Crippen LogP contribution is 2.19. The van der Waals surface area contributed by atoms with Crippen LogP contribution in [0.4, 0.5) is 11.8 Å². The second kappa shape index (κ2) is 6.98. The van der Waals surface area contributed by atoms with Gasteiger partial charge in [0, 0.05) is 32.4 Å². The quantitative estimate of drug-likeness (QED) is 0.715. The molecule has 0 radical (unpaired) electrons. The first-order valence-corrected chi connectivity index (χ1v) is 8.40. The van der Waals surface area contributed by atoms with Crippen LogP contribution in [0.2, 0.25) is 5.02 Å². The summed E-state index contributed by atoms with van der Waals surface area (Å²) in [5.41, 5.74) is 1.60. The van der Waals surface area contributed by atoms with E-state index in [9.17, 15) is 0 Å². The molecule has 1 fully saturated rings. The fourth-order valence-electron chi connectivity index (χ4n) is 2.75. The number of rotatable bonds is 3. The molecule has 4 heterocycles. The molecule has 126 valence electrons. The van der Waals surface area contributed by atoms with Crippen molar-refractivity contribution in [3.8, 4) is 11.4 Å². The van der Waals surface area contributed by atoms with Gasteiger partial charge in [0.25, 0.3) is 0 Å². The third kappa shape index (κ3) is 3.51. The Labute approximate surface area is 150 Å². The van der Waals surface area contributed by atoms with Crippen LogP contribution in [0.5, 0.6) is 0 Å². The number of aromatic nitrogens is 5. The van der Waals surface area contributed by atoms with Crippen molar-refractivity contribution in [1.29, 1.82) is 0 Å². The van der Waals surface area contributed by atoms with E-state index < -0.39 is 0 Å². The molecule has 0 aromatic carbocycles. The molecule has 0 amide bonds. The average molecular weight is 354 g/mol. The lowest BCUT2D eigenvalue weighted by atomic mass is 10.2. The van der Waals surface area contributed by atoms with E-state index in [4.69, 9.17) is 11.6 Å². The third-order valence-electron chi connectivity index (χ3n) is 4.07. The van der Waals surface area contributed by atoms with Crippen molar-refractivity contribution in [3.05, 3.63) is 53.9 Å². The Morgan fingerprint density at radius 3 is 2.16 bits per heavy atom. The predicted molar refractivity (Wildman–Crippen MR) is 96.7 cm³/mol. The highest BCUT2D eigenvalue weighted by molar-refractivity contribution is 6.30. The lowest BCUT2D eigenvalue weighted by Gasteiger charge is -2.35. The standard InChI is InChI=1S/C17H16ClN7/c18-13-11-20-17(21-12-13)25-9-7-24(8-10-25)16-5-4-15(22-23-16)14-3-1-2-6-19-14/h1-6,11-12H,7-10H2. The Hall–Kier alpha value is -2.80. The smallest absolute Gasteiger partial charge is 0.225 e. The van der Waals surface area contributed by atoms with Gasteiger partial charge in [-0.05, 0) is 24.3 Å². The van der Waals surface area contributed by atoms with Gasteiger partial charge in [-0.1, -0.05) is 17.7 Å². The maximum Gasteiger partial charge on any atom is 0.225 e. The van der Waals surface area contributed by atoms with Gasteiger partial charge in [-0.2, -0.15) is 0 Å². The minimum Gasteiger partial charge on any atom is -0.352 e. The molecule has 3 aromatic heterocycles. The molecular weight excluding hydrogens is 338 g/mol. The molecule has 1 aliphatic rings. The predicted octanol–water partition coefficient (Wildman–Crippen LogP) is 2.31. The largest absolute Gasteiger partial charge is 0.352 e. The average Bonchev–Trinajstić information content (AvgIpc) is 2.70. The van der Waals surface area contributed by atoms with E-state index in [0.717, 1.165) is 43.4 Å². The summed E-state index contributed by atoms with van der Waals surface area (Å²) in [6.45, 7) is 3.32. The van der Waals surface area contributed by atoms with Crippen LogP contribution in [0.15, 0.2) is 48.9 Å². The van der Waals surface area contributed by atoms with E-state index in [1.807, 2.05) is 30.3 Å². The summed E-state index contributed by atoms with van der Waals surface area (Å²) < 4.78 is 0. The van der Waals surface area contributed by atoms with Crippen LogP contribution in [-0.4, -0.2) is 51.3 Å². The summed E-state index contributed by atoms with van der Waals surface area (Å²) in [4.78, 5) is 17.2. The van der Waals surface area contributed by atoms with Crippen LogP contribution in [-0.2, 0) is 0 Å². The molecule has 1 aliphatic heterocycles. The van der Waals surface area contributed by atoms with E-state index in [0.29, 0.717) is 11.0 Å². The molecule has 0 N–H and O–H groups in total. The fraction of sp³-hybridized carbons (Fsp3) is 0.235. The molecule has 0 aliphatic carbocycles. The Morgan fingerprint density at radius 1 is 0.760 bits per heavy atom. The SMILES string of the molecule is Clc1cnc(N2CCN(c3ccc(-c4ccccn4)nn3)CC2)nc1. The topological polar surface area (TPSA) is 70.9 Å². The first-order valence-electron chi connectivity index (χ1n) is 8.02. The fourth-order valence-corrected chi connectivity index (χ4v) is 2.85. The molecule has 7 nitrogen and oxygen atoms in total. The Balaban J connectivity index is 1.41. The van der Waals surface area contributed by atoms with Crippen molar-refractivity contribution >= 4 is 23.4 Å². The second-order valence-electron chi connectivity index (χ2n) is 5.67. The molecule has 0 unspecified atom stereocenters. The van der Waals surface area contributed by atoms with Crippen LogP contribution < -0.4 is 9.80 Å². The highest BCUT2D eigenvalue weighted by atomic mass is 35.5. The van der Waals surface area contributed by atoms with Crippen LogP contribution in [0, 0.1) is 0 Å². The molecule has 0 saturated carbocycles. The molecule has 0 spiro atoms. The lowest BCUT2D eigenvalue weighted by Crippen LogP contribution is -2.47. The number of nitrogens with zero attached hydrogens (tertiary/aromatic N) is 7. The summed E-state index contributed by atoms with van der Waals surface area (Å²) in [7, 11) is 0. The molecule has 8 heteroatoms. The van der Waals surface area contributed by atoms with E-state index in [-0.39, 0.29) is 0 Å². The van der Waals surface area contributed by atoms with Gasteiger partial charge in [-0.15, -0.1) is 10.2 Å². The van der Waals surface area contributed by atoms with Gasteiger partial charge in [-0.25, -0.2) is 9.97 Å². The van der Waals surface area contributed by atoms with Crippen LogP contribution >= 0.6 is 11.6 Å². The zero-order valence-corrected chi connectivity index (χ0v) is 14.2. The summed E-state index contributed by atoms with van der Waals surface area (Å²) >= 11 is 5.84. The Bertz CT molecular complexity index is 816. The Morgan fingerprint density at radius 2 is 1.52 bits per heavy atom. The normalized spacial score (nSPS) is 14.6. The lowest BCUT2D eigenvalue weighted by molar-refractivity contribution is 0.631. The first kappa shape index (κ1) is 15.7. The molecule has 0 bridgehead atoms. The summed E-state index contributed by atoms with van der Waals surface area (Å²) in [5.74, 6) is 1.58. The van der Waals surface area contributed by atoms with Crippen molar-refractivity contribution in [2.75, 3.05) is 36.0 Å². The highest BCUT2D eigenvalue weighted by Gasteiger charge is 2.20. The van der Waals surface area contributed by atoms with E-state index in [1.165, 1.54) is 0 Å². The number of hydrogen-bond donors (Lipinski definition) is 0. The van der Waals surface area contributed by atoms with Gasteiger partial charge in [-0.3, -0.25) is 4.98 Å². The van der Waals surface area contributed by atoms with Crippen molar-refractivity contribution in [1.82, 2.24) is 25.1 Å². The number of anilines is 2. The second-order valence-corrected chi connectivity index (χ2v) is 6.10. The minimum absolute atomic E-state index is 0.547. The number of piperazine rings is 1. The van der Waals surface area contributed by atoms with Crippen LogP contribution in [0.25, 0.3) is 11.4 Å². The van der Waals surface area contributed by atoms with Gasteiger partial charge in [0.2, 0.25) is 5.95 Å². The zero-order valence-electron chi connectivity index (χ0n) is 13.5. The maximum atomic E-state index is 5.84. The number of halogens is 1. The summed E-state index contributed by atoms with van der Waals surface area (Å²) in [6.07, 6.45) is 5.00. The zero-order chi connectivity index (χ0) is 17.1. The first-order chi connectivity index (χ1) is 12.3. The van der Waals surface area contributed by atoms with Gasteiger partial charge >= 0.3 is 0 Å². The molecule has 1 saturated heterocycles. The van der Waals surface area contributed by atoms with Crippen molar-refractivity contribution < 1.29 is 0 Å². The van der Waals surface area contributed by atoms with Gasteiger partial charge in [0.05, 0.1) is 23.1 Å². The molecule has 4 rings (SSSR count). The number of hydrogen-bond acceptors (Lipinski definition) is 7. The van der Waals surface area contributed by atoms with Crippen molar-refractivity contribution in [3.63, 3.8) is 0 Å². The summed E-state index contributed by atoms with van der Waals surface area (Å²) in [6, 6.07) is 9.70. The summed E-state index contributed by atoms with van der Waals surface area (Å²) in [5, 5.41) is 9.21. The monoisotopic (exact) mass is 353 g/mol. The van der Waals surface area contributed by atoms with E-state index in [2.05, 4.69) is 34.9 Å². The van der Waals surface area contributed by atoms with Gasteiger partial charge in [0.15, 0.2) is 5.82 Å². The van der Waals surface area contributed by atoms with Crippen LogP contribution in [0.1, 0.15) is 0 Å². The molecule has 25 heavy (non-hydrogen) atoms. The van der Waals surface area contributed by atoms with E-state index >= 15 is 0 Å². The van der Waals surface area contributed by atoms with Gasteiger partial charge < -0.3 is 9.80 Å². The third-order valence-corrected chi connectivity index (χ3v) is 4.27. The minimum atomic E-state index is 0.547. The maximum absolute atomic E-state index is 5.84. The molecular formula is C17H16ClN7. The number of pyridine rings is 1. The van der Waals surface area contributed by atoms with E-state index in [1.54, 1.807) is 18.6 Å². The van der Waals surface area contributed by atoms with Gasteiger partial charge in [0.1, 0.15) is 5.69 Å². The van der Waals surface area contributed by atoms with Crippen molar-refractivity contribution in [2.45, 2.75) is 0 Å². The van der Waals surface area contributed by atoms with Crippen molar-refractivity contribution in [2.24, 2.45) is 0 Å².